The Morgan fingerprint density at radius 2 is 1.76 bits per heavy atom. The van der Waals surface area contributed by atoms with Crippen molar-refractivity contribution in [3.8, 4) is 0 Å². The summed E-state index contributed by atoms with van der Waals surface area (Å²) in [5.41, 5.74) is 0.221. The maximum atomic E-state index is 13.6. The van der Waals surface area contributed by atoms with Crippen molar-refractivity contribution in [3.63, 3.8) is 0 Å². The number of hydrogen-bond acceptors (Lipinski definition) is 3. The number of carbonyl (C=O) groups excluding carboxylic acids is 2. The number of nitrogens with one attached hydrogen (secondary N) is 1. The van der Waals surface area contributed by atoms with Gasteiger partial charge in [0, 0.05) is 19.5 Å². The Balaban J connectivity index is 1.39. The van der Waals surface area contributed by atoms with Crippen LogP contribution in [0.3, 0.4) is 0 Å². The van der Waals surface area contributed by atoms with Gasteiger partial charge < -0.3 is 10.2 Å². The second kappa shape index (κ2) is 8.43. The van der Waals surface area contributed by atoms with Crippen LogP contribution in [0, 0.1) is 11.7 Å². The van der Waals surface area contributed by atoms with Crippen LogP contribution < -0.4 is 5.32 Å². The predicted octanol–water partition coefficient (Wildman–Crippen LogP) is 2.49. The summed E-state index contributed by atoms with van der Waals surface area (Å²) in [7, 11) is 0. The molecule has 0 saturated carbocycles. The minimum absolute atomic E-state index is 0.198. The number of amides is 2. The van der Waals surface area contributed by atoms with Crippen molar-refractivity contribution in [3.05, 3.63) is 30.1 Å². The van der Waals surface area contributed by atoms with Gasteiger partial charge in [-0.1, -0.05) is 12.1 Å². The molecule has 2 heterocycles. The number of benzene rings is 1. The average Bonchev–Trinajstić information content (AvgIpc) is 3.13. The van der Waals surface area contributed by atoms with Gasteiger partial charge in [0.2, 0.25) is 11.8 Å². The lowest BCUT2D eigenvalue weighted by Crippen LogP contribution is -2.40. The first kappa shape index (κ1) is 17.9. The highest BCUT2D eigenvalue weighted by atomic mass is 19.1. The summed E-state index contributed by atoms with van der Waals surface area (Å²) in [4.78, 5) is 28.4. The van der Waals surface area contributed by atoms with E-state index in [2.05, 4.69) is 10.2 Å². The quantitative estimate of drug-likeness (QED) is 0.890. The van der Waals surface area contributed by atoms with Crippen LogP contribution in [0.4, 0.5) is 10.1 Å². The molecule has 3 rings (SSSR count). The van der Waals surface area contributed by atoms with E-state index in [1.807, 2.05) is 4.90 Å². The fourth-order valence-electron chi connectivity index (χ4n) is 3.65. The number of piperidine rings is 1. The van der Waals surface area contributed by atoms with Crippen LogP contribution in [0.15, 0.2) is 24.3 Å². The zero-order chi connectivity index (χ0) is 17.6. The molecule has 2 aliphatic rings. The van der Waals surface area contributed by atoms with E-state index in [0.29, 0.717) is 12.3 Å². The molecule has 5 nitrogen and oxygen atoms in total. The Kier molecular flexibility index (Phi) is 6.02. The highest BCUT2D eigenvalue weighted by Crippen LogP contribution is 2.22. The van der Waals surface area contributed by atoms with Crippen LogP contribution in [-0.2, 0) is 9.59 Å². The van der Waals surface area contributed by atoms with E-state index in [9.17, 15) is 14.0 Å². The van der Waals surface area contributed by atoms with Gasteiger partial charge in [0.1, 0.15) is 5.82 Å². The molecule has 0 unspecified atom stereocenters. The van der Waals surface area contributed by atoms with E-state index < -0.39 is 5.82 Å². The predicted molar refractivity (Wildman–Crippen MR) is 94.6 cm³/mol. The number of nitrogens with zero attached hydrogens (tertiary/aromatic N) is 2. The van der Waals surface area contributed by atoms with Crippen LogP contribution >= 0.6 is 0 Å². The highest BCUT2D eigenvalue weighted by molar-refractivity contribution is 5.92. The second-order valence-electron chi connectivity index (χ2n) is 7.04. The maximum Gasteiger partial charge on any atom is 0.238 e. The van der Waals surface area contributed by atoms with Gasteiger partial charge in [0.25, 0.3) is 0 Å². The second-order valence-corrected chi connectivity index (χ2v) is 7.04. The molecule has 2 aliphatic heterocycles. The Bertz CT molecular complexity index is 608. The maximum absolute atomic E-state index is 13.6. The Labute approximate surface area is 148 Å². The molecule has 2 amide bonds. The lowest BCUT2D eigenvalue weighted by Gasteiger charge is -2.31. The van der Waals surface area contributed by atoms with Crippen molar-refractivity contribution < 1.29 is 14.0 Å². The molecule has 136 valence electrons. The van der Waals surface area contributed by atoms with Crippen LogP contribution in [0.5, 0.6) is 0 Å². The number of carbonyl (C=O) groups is 2. The van der Waals surface area contributed by atoms with Gasteiger partial charge >= 0.3 is 0 Å². The minimum Gasteiger partial charge on any atom is -0.343 e. The molecule has 1 aromatic rings. The smallest absolute Gasteiger partial charge is 0.238 e. The van der Waals surface area contributed by atoms with Crippen molar-refractivity contribution in [2.45, 2.75) is 32.1 Å². The normalized spacial score (nSPS) is 19.2. The number of anilines is 1. The molecular formula is C19H26FN3O2. The van der Waals surface area contributed by atoms with E-state index in [4.69, 9.17) is 0 Å². The summed E-state index contributed by atoms with van der Waals surface area (Å²) >= 11 is 0. The summed E-state index contributed by atoms with van der Waals surface area (Å²) in [6.45, 7) is 3.70. The molecule has 0 atom stereocenters. The Morgan fingerprint density at radius 3 is 2.44 bits per heavy atom. The Hall–Kier alpha value is -1.95. The van der Waals surface area contributed by atoms with E-state index in [1.165, 1.54) is 6.07 Å². The molecule has 0 spiro atoms. The van der Waals surface area contributed by atoms with Gasteiger partial charge in [0.15, 0.2) is 0 Å². The number of halogens is 1. The zero-order valence-electron chi connectivity index (χ0n) is 14.5. The fraction of sp³-hybridized carbons (Fsp3) is 0.579. The molecular weight excluding hydrogens is 321 g/mol. The molecule has 0 aromatic heterocycles. The van der Waals surface area contributed by atoms with E-state index in [-0.39, 0.29) is 24.0 Å². The zero-order valence-corrected chi connectivity index (χ0v) is 14.5. The van der Waals surface area contributed by atoms with Crippen LogP contribution in [0.1, 0.15) is 32.1 Å². The standard InChI is InChI=1S/C19H26FN3O2/c20-16-5-1-2-6-17(16)21-18(24)14-22-11-7-15(8-12-22)13-19(25)23-9-3-4-10-23/h1-2,5-6,15H,3-4,7-14H2,(H,21,24). The van der Waals surface area contributed by atoms with Crippen LogP contribution in [0.25, 0.3) is 0 Å². The molecule has 2 saturated heterocycles. The number of hydrogen-bond donors (Lipinski definition) is 1. The van der Waals surface area contributed by atoms with Gasteiger partial charge in [-0.2, -0.15) is 0 Å². The monoisotopic (exact) mass is 347 g/mol. The molecule has 0 bridgehead atoms. The number of rotatable bonds is 5. The van der Waals surface area contributed by atoms with Crippen LogP contribution in [-0.4, -0.2) is 54.3 Å². The van der Waals surface area contributed by atoms with Crippen molar-refractivity contribution >= 4 is 17.5 Å². The van der Waals surface area contributed by atoms with Gasteiger partial charge in [-0.3, -0.25) is 14.5 Å². The van der Waals surface area contributed by atoms with Crippen molar-refractivity contribution in [2.75, 3.05) is 38.0 Å². The third kappa shape index (κ3) is 5.01. The topological polar surface area (TPSA) is 52.7 Å². The Morgan fingerprint density at radius 1 is 1.08 bits per heavy atom. The summed E-state index contributed by atoms with van der Waals surface area (Å²) < 4.78 is 13.6. The fourth-order valence-corrected chi connectivity index (χ4v) is 3.65. The first-order chi connectivity index (χ1) is 12.1. The van der Waals surface area contributed by atoms with Crippen molar-refractivity contribution in [1.29, 1.82) is 0 Å². The molecule has 1 N–H and O–H groups in total. The molecule has 2 fully saturated rings. The molecule has 6 heteroatoms. The van der Waals surface area contributed by atoms with Crippen molar-refractivity contribution in [1.82, 2.24) is 9.80 Å². The molecule has 0 radical (unpaired) electrons. The third-order valence-electron chi connectivity index (χ3n) is 5.14. The average molecular weight is 347 g/mol. The largest absolute Gasteiger partial charge is 0.343 e. The van der Waals surface area contributed by atoms with Gasteiger partial charge in [0.05, 0.1) is 12.2 Å². The SMILES string of the molecule is O=C(CN1CCC(CC(=O)N2CCCC2)CC1)Nc1ccccc1F. The summed E-state index contributed by atoms with van der Waals surface area (Å²) in [6, 6.07) is 6.18. The van der Waals surface area contributed by atoms with E-state index in [0.717, 1.165) is 51.9 Å². The summed E-state index contributed by atoms with van der Waals surface area (Å²) in [5.74, 6) is 0.0823. The van der Waals surface area contributed by atoms with Crippen LogP contribution in [0.2, 0.25) is 0 Å². The molecule has 1 aromatic carbocycles. The van der Waals surface area contributed by atoms with Gasteiger partial charge in [-0.05, 0) is 56.8 Å². The first-order valence-corrected chi connectivity index (χ1v) is 9.16. The lowest BCUT2D eigenvalue weighted by atomic mass is 9.93. The molecule has 0 aliphatic carbocycles. The lowest BCUT2D eigenvalue weighted by molar-refractivity contribution is -0.131. The molecule has 25 heavy (non-hydrogen) atoms. The number of likely N-dealkylation sites (tertiary alicyclic amines) is 2. The van der Waals surface area contributed by atoms with E-state index in [1.54, 1.807) is 18.2 Å². The van der Waals surface area contributed by atoms with E-state index >= 15 is 0 Å². The van der Waals surface area contributed by atoms with Crippen molar-refractivity contribution in [2.24, 2.45) is 5.92 Å². The minimum atomic E-state index is -0.421. The van der Waals surface area contributed by atoms with Gasteiger partial charge in [-0.25, -0.2) is 4.39 Å². The summed E-state index contributed by atoms with van der Waals surface area (Å²) in [5, 5.41) is 2.62. The first-order valence-electron chi connectivity index (χ1n) is 9.16. The summed E-state index contributed by atoms with van der Waals surface area (Å²) in [6.07, 6.45) is 4.76. The number of para-hydroxylation sites is 1. The third-order valence-corrected chi connectivity index (χ3v) is 5.14. The highest BCUT2D eigenvalue weighted by Gasteiger charge is 2.26. The van der Waals surface area contributed by atoms with Gasteiger partial charge in [-0.15, -0.1) is 0 Å².